The Morgan fingerprint density at radius 2 is 2.21 bits per heavy atom. The average molecular weight is 449 g/mol. The second-order valence-electron chi connectivity index (χ2n) is 6.09. The van der Waals surface area contributed by atoms with Gasteiger partial charge in [0.05, 0.1) is 31.2 Å². The van der Waals surface area contributed by atoms with E-state index < -0.39 is 12.6 Å². The van der Waals surface area contributed by atoms with Gasteiger partial charge in [0.2, 0.25) is 5.91 Å². The van der Waals surface area contributed by atoms with E-state index >= 15 is 0 Å². The number of halogens is 4. The van der Waals surface area contributed by atoms with Gasteiger partial charge in [-0.15, -0.1) is 6.42 Å². The third-order valence-corrected chi connectivity index (χ3v) is 5.17. The van der Waals surface area contributed by atoms with E-state index in [1.807, 2.05) is 0 Å². The van der Waals surface area contributed by atoms with Crippen LogP contribution < -0.4 is 4.90 Å². The Bertz CT molecular complexity index is 817. The third-order valence-electron chi connectivity index (χ3n) is 3.83. The van der Waals surface area contributed by atoms with Gasteiger partial charge >= 0.3 is 6.18 Å². The van der Waals surface area contributed by atoms with E-state index in [2.05, 4.69) is 11.0 Å². The number of hydroxylamine groups is 2. The lowest BCUT2D eigenvalue weighted by Crippen LogP contribution is -2.31. The molecule has 0 fully saturated rings. The van der Waals surface area contributed by atoms with E-state index in [4.69, 9.17) is 18.0 Å². The van der Waals surface area contributed by atoms with Gasteiger partial charge < -0.3 is 0 Å². The van der Waals surface area contributed by atoms with E-state index in [0.29, 0.717) is 29.4 Å². The molecule has 0 spiro atoms. The standard InChI is InChI=1S/C18H20ClF3N4O2S/c1-2-8-25(16(27)6-11-29-10-4-7-18(20,21)22)15-13-26(23-17(15)19)14-5-3-9-24(28)12-14/h1,3,5,12-13,28H,4,6-11H2. The Morgan fingerprint density at radius 1 is 1.45 bits per heavy atom. The van der Waals surface area contributed by atoms with Crippen molar-refractivity contribution in [2.45, 2.75) is 25.4 Å². The van der Waals surface area contributed by atoms with Crippen LogP contribution in [0.15, 0.2) is 24.5 Å². The lowest BCUT2D eigenvalue weighted by atomic mass is 10.3. The van der Waals surface area contributed by atoms with Crippen LogP contribution in [0, 0.1) is 12.3 Å². The fourth-order valence-corrected chi connectivity index (χ4v) is 3.60. The molecule has 1 aliphatic heterocycles. The largest absolute Gasteiger partial charge is 0.389 e. The number of nitrogens with zero attached hydrogens (tertiary/aromatic N) is 4. The lowest BCUT2D eigenvalue weighted by molar-refractivity contribution is -0.134. The number of allylic oxidation sites excluding steroid dienone is 2. The van der Waals surface area contributed by atoms with Gasteiger partial charge in [-0.2, -0.15) is 30.0 Å². The molecule has 6 nitrogen and oxygen atoms in total. The number of amides is 1. The number of rotatable bonds is 9. The van der Waals surface area contributed by atoms with Gasteiger partial charge in [-0.05, 0) is 18.2 Å². The zero-order valence-electron chi connectivity index (χ0n) is 15.4. The van der Waals surface area contributed by atoms with Gasteiger partial charge in [-0.1, -0.05) is 23.6 Å². The fourth-order valence-electron chi connectivity index (χ4n) is 2.49. The molecule has 0 saturated heterocycles. The minimum absolute atomic E-state index is 0.0134. The molecular formula is C18H20ClF3N4O2S. The van der Waals surface area contributed by atoms with Crippen LogP contribution in [0.5, 0.6) is 0 Å². The van der Waals surface area contributed by atoms with Crippen LogP contribution in [0.25, 0.3) is 5.70 Å². The van der Waals surface area contributed by atoms with Crippen molar-refractivity contribution < 1.29 is 23.2 Å². The SMILES string of the molecule is C#CCN(C(=O)CCSCCCC(F)(F)F)c1cn(C2=CN(O)CC=C2)nc1Cl. The molecule has 2 rings (SSSR count). The number of terminal acetylenes is 1. The highest BCUT2D eigenvalue weighted by Crippen LogP contribution is 2.28. The van der Waals surface area contributed by atoms with Gasteiger partial charge in [-0.3, -0.25) is 20.0 Å². The van der Waals surface area contributed by atoms with Crippen molar-refractivity contribution in [3.05, 3.63) is 29.7 Å². The Hall–Kier alpha value is -2.09. The summed E-state index contributed by atoms with van der Waals surface area (Å²) in [4.78, 5) is 13.9. The molecule has 1 aromatic heterocycles. The molecule has 1 N–H and O–H groups in total. The van der Waals surface area contributed by atoms with Crippen LogP contribution in [-0.2, 0) is 4.79 Å². The molecule has 0 aliphatic carbocycles. The molecule has 0 atom stereocenters. The molecule has 0 unspecified atom stereocenters. The first-order valence-corrected chi connectivity index (χ1v) is 10.2. The van der Waals surface area contributed by atoms with Crippen molar-refractivity contribution in [1.82, 2.24) is 14.8 Å². The van der Waals surface area contributed by atoms with E-state index in [-0.39, 0.29) is 30.4 Å². The molecule has 1 amide bonds. The molecule has 1 aliphatic rings. The van der Waals surface area contributed by atoms with Gasteiger partial charge in [0.25, 0.3) is 0 Å². The molecule has 0 saturated carbocycles. The number of alkyl halides is 3. The summed E-state index contributed by atoms with van der Waals surface area (Å²) < 4.78 is 37.8. The number of carbonyl (C=O) groups excluding carboxylic acids is 1. The second-order valence-corrected chi connectivity index (χ2v) is 7.68. The zero-order valence-corrected chi connectivity index (χ0v) is 17.0. The third kappa shape index (κ3) is 7.34. The predicted molar refractivity (Wildman–Crippen MR) is 108 cm³/mol. The molecular weight excluding hydrogens is 429 g/mol. The lowest BCUT2D eigenvalue weighted by Gasteiger charge is -2.19. The van der Waals surface area contributed by atoms with Gasteiger partial charge in [0, 0.05) is 18.6 Å². The molecule has 11 heteroatoms. The zero-order chi connectivity index (χ0) is 21.4. The summed E-state index contributed by atoms with van der Waals surface area (Å²) in [5, 5.41) is 14.8. The smallest absolute Gasteiger partial charge is 0.296 e. The highest BCUT2D eigenvalue weighted by Gasteiger charge is 2.26. The minimum Gasteiger partial charge on any atom is -0.296 e. The average Bonchev–Trinajstić information content (AvgIpc) is 3.03. The fraction of sp³-hybridized carbons (Fsp3) is 0.444. The number of anilines is 1. The normalized spacial score (nSPS) is 13.9. The summed E-state index contributed by atoms with van der Waals surface area (Å²) in [6, 6.07) is 0. The van der Waals surface area contributed by atoms with E-state index in [0.717, 1.165) is 5.06 Å². The van der Waals surface area contributed by atoms with Crippen molar-refractivity contribution in [3.63, 3.8) is 0 Å². The molecule has 0 radical (unpaired) electrons. The summed E-state index contributed by atoms with van der Waals surface area (Å²) in [6.07, 6.45) is 6.95. The topological polar surface area (TPSA) is 61.6 Å². The molecule has 2 heterocycles. The molecule has 0 bridgehead atoms. The highest BCUT2D eigenvalue weighted by molar-refractivity contribution is 7.99. The van der Waals surface area contributed by atoms with Crippen molar-refractivity contribution in [2.24, 2.45) is 0 Å². The summed E-state index contributed by atoms with van der Waals surface area (Å²) in [7, 11) is 0. The number of hydrogen-bond acceptors (Lipinski definition) is 5. The first kappa shape index (κ1) is 23.2. The van der Waals surface area contributed by atoms with Crippen LogP contribution >= 0.6 is 23.4 Å². The van der Waals surface area contributed by atoms with Crippen molar-refractivity contribution >= 4 is 40.7 Å². The molecule has 1 aromatic rings. The first-order chi connectivity index (χ1) is 13.7. The number of carbonyl (C=O) groups is 1. The van der Waals surface area contributed by atoms with E-state index in [9.17, 15) is 23.2 Å². The van der Waals surface area contributed by atoms with E-state index in [1.54, 1.807) is 12.2 Å². The molecule has 29 heavy (non-hydrogen) atoms. The monoisotopic (exact) mass is 448 g/mol. The Kier molecular flexibility index (Phi) is 8.49. The maximum absolute atomic E-state index is 12.6. The first-order valence-electron chi connectivity index (χ1n) is 8.69. The van der Waals surface area contributed by atoms with Crippen LogP contribution in [0.1, 0.15) is 19.3 Å². The quantitative estimate of drug-likeness (QED) is 0.456. The van der Waals surface area contributed by atoms with Gasteiger partial charge in [0.1, 0.15) is 5.69 Å². The maximum atomic E-state index is 12.6. The highest BCUT2D eigenvalue weighted by atomic mass is 35.5. The van der Waals surface area contributed by atoms with Crippen LogP contribution in [0.3, 0.4) is 0 Å². The molecule has 158 valence electrons. The van der Waals surface area contributed by atoms with Crippen LogP contribution in [0.2, 0.25) is 5.15 Å². The maximum Gasteiger partial charge on any atom is 0.389 e. The Balaban J connectivity index is 1.97. The molecule has 0 aromatic carbocycles. The van der Waals surface area contributed by atoms with E-state index in [1.165, 1.54) is 33.7 Å². The number of thioether (sulfide) groups is 1. The summed E-state index contributed by atoms with van der Waals surface area (Å²) in [5.74, 6) is 2.79. The summed E-state index contributed by atoms with van der Waals surface area (Å²) in [6.45, 7) is 0.317. The summed E-state index contributed by atoms with van der Waals surface area (Å²) >= 11 is 7.47. The van der Waals surface area contributed by atoms with Gasteiger partial charge in [-0.25, -0.2) is 4.68 Å². The van der Waals surface area contributed by atoms with Crippen molar-refractivity contribution in [1.29, 1.82) is 0 Å². The Labute approximate surface area is 175 Å². The van der Waals surface area contributed by atoms with Crippen LogP contribution in [0.4, 0.5) is 18.9 Å². The van der Waals surface area contributed by atoms with Crippen molar-refractivity contribution in [3.8, 4) is 12.3 Å². The number of aromatic nitrogens is 2. The van der Waals surface area contributed by atoms with Crippen molar-refractivity contribution in [2.75, 3.05) is 29.5 Å². The summed E-state index contributed by atoms with van der Waals surface area (Å²) in [5.41, 5.74) is 0.862. The number of hydrogen-bond donors (Lipinski definition) is 1. The van der Waals surface area contributed by atoms with Crippen LogP contribution in [-0.4, -0.2) is 56.7 Å². The Morgan fingerprint density at radius 3 is 2.86 bits per heavy atom. The minimum atomic E-state index is -4.16. The van der Waals surface area contributed by atoms with Gasteiger partial charge in [0.15, 0.2) is 5.15 Å². The predicted octanol–water partition coefficient (Wildman–Crippen LogP) is 4.03. The second kappa shape index (κ2) is 10.6.